The van der Waals surface area contributed by atoms with Crippen LogP contribution in [-0.4, -0.2) is 40.2 Å². The highest BCUT2D eigenvalue weighted by Gasteiger charge is 2.31. The van der Waals surface area contributed by atoms with Crippen molar-refractivity contribution in [3.63, 3.8) is 0 Å². The minimum Gasteiger partial charge on any atom is -0.276 e. The molecule has 24 heavy (non-hydrogen) atoms. The fourth-order valence-corrected chi connectivity index (χ4v) is 4.64. The van der Waals surface area contributed by atoms with Gasteiger partial charge in [-0.25, -0.2) is 22.3 Å². The van der Waals surface area contributed by atoms with Gasteiger partial charge in [0.05, 0.1) is 4.90 Å². The first kappa shape index (κ1) is 16.8. The third kappa shape index (κ3) is 2.89. The van der Waals surface area contributed by atoms with Crippen LogP contribution in [0.15, 0.2) is 34.0 Å². The number of halogens is 1. The van der Waals surface area contributed by atoms with E-state index in [1.807, 2.05) is 0 Å². The minimum atomic E-state index is -3.72. The molecule has 1 fully saturated rings. The third-order valence-corrected chi connectivity index (χ3v) is 6.24. The molecule has 0 N–H and O–H groups in total. The van der Waals surface area contributed by atoms with Crippen molar-refractivity contribution in [1.82, 2.24) is 18.7 Å². The Hall–Kier alpha value is -2.00. The summed E-state index contributed by atoms with van der Waals surface area (Å²) in [6.45, 7) is 2.33. The summed E-state index contributed by atoms with van der Waals surface area (Å²) in [4.78, 5) is 12.1. The second-order valence-corrected chi connectivity index (χ2v) is 7.85. The molecular formula is C15H19FN4O3S. The minimum absolute atomic E-state index is 0.0457. The predicted molar refractivity (Wildman–Crippen MR) is 85.6 cm³/mol. The van der Waals surface area contributed by atoms with Gasteiger partial charge in [-0.1, -0.05) is 6.07 Å². The molecule has 0 spiro atoms. The Morgan fingerprint density at radius 3 is 2.46 bits per heavy atom. The highest BCUT2D eigenvalue weighted by atomic mass is 32.2. The van der Waals surface area contributed by atoms with Crippen molar-refractivity contribution in [2.75, 3.05) is 13.1 Å². The molecular weight excluding hydrogens is 335 g/mol. The van der Waals surface area contributed by atoms with E-state index < -0.39 is 15.8 Å². The Labute approximate surface area is 139 Å². The largest absolute Gasteiger partial charge is 0.345 e. The molecule has 130 valence electrons. The summed E-state index contributed by atoms with van der Waals surface area (Å²) in [5, 5.41) is 4.10. The number of hydrogen-bond donors (Lipinski definition) is 0. The molecule has 0 aliphatic carbocycles. The maximum Gasteiger partial charge on any atom is 0.345 e. The van der Waals surface area contributed by atoms with Crippen molar-refractivity contribution in [2.24, 2.45) is 7.05 Å². The average molecular weight is 354 g/mol. The summed E-state index contributed by atoms with van der Waals surface area (Å²) in [7, 11) is -2.13. The maximum atomic E-state index is 13.3. The van der Waals surface area contributed by atoms with Crippen LogP contribution in [0, 0.1) is 12.7 Å². The molecule has 0 unspecified atom stereocenters. The van der Waals surface area contributed by atoms with Crippen molar-refractivity contribution in [3.8, 4) is 0 Å². The van der Waals surface area contributed by atoms with Crippen molar-refractivity contribution in [1.29, 1.82) is 0 Å². The topological polar surface area (TPSA) is 77.2 Å². The van der Waals surface area contributed by atoms with Gasteiger partial charge in [-0.15, -0.1) is 0 Å². The monoisotopic (exact) mass is 354 g/mol. The van der Waals surface area contributed by atoms with Crippen LogP contribution >= 0.6 is 0 Å². The molecule has 9 heteroatoms. The number of aromatic nitrogens is 3. The van der Waals surface area contributed by atoms with E-state index in [1.54, 1.807) is 18.5 Å². The van der Waals surface area contributed by atoms with Crippen molar-refractivity contribution in [2.45, 2.75) is 30.7 Å². The molecule has 0 bridgehead atoms. The number of rotatable bonds is 3. The second-order valence-electron chi connectivity index (χ2n) is 5.92. The van der Waals surface area contributed by atoms with Crippen LogP contribution in [0.25, 0.3) is 0 Å². The van der Waals surface area contributed by atoms with Gasteiger partial charge in [-0.3, -0.25) is 4.57 Å². The van der Waals surface area contributed by atoms with Crippen LogP contribution in [0.4, 0.5) is 4.39 Å². The Morgan fingerprint density at radius 1 is 1.25 bits per heavy atom. The number of nitrogens with zero attached hydrogens (tertiary/aromatic N) is 4. The van der Waals surface area contributed by atoms with E-state index in [0.717, 1.165) is 6.07 Å². The Balaban J connectivity index is 1.79. The number of piperidine rings is 1. The fourth-order valence-electron chi connectivity index (χ4n) is 3.14. The van der Waals surface area contributed by atoms with Gasteiger partial charge in [0, 0.05) is 26.2 Å². The van der Waals surface area contributed by atoms with E-state index in [4.69, 9.17) is 0 Å². The molecule has 1 aliphatic heterocycles. The molecule has 0 amide bonds. The summed E-state index contributed by atoms with van der Waals surface area (Å²) in [6, 6.07) is 4.93. The summed E-state index contributed by atoms with van der Waals surface area (Å²) in [5.41, 5.74) is -0.195. The predicted octanol–water partition coefficient (Wildman–Crippen LogP) is 1.06. The van der Waals surface area contributed by atoms with Crippen LogP contribution in [0.2, 0.25) is 0 Å². The molecule has 1 saturated heterocycles. The lowest BCUT2D eigenvalue weighted by atomic mass is 10.1. The maximum absolute atomic E-state index is 13.3. The molecule has 7 nitrogen and oxygen atoms in total. The normalized spacial score (nSPS) is 17.3. The molecule has 1 aromatic heterocycles. The molecule has 2 heterocycles. The van der Waals surface area contributed by atoms with Gasteiger partial charge in [0.1, 0.15) is 11.6 Å². The summed E-state index contributed by atoms with van der Waals surface area (Å²) in [5.74, 6) is 0.0393. The quantitative estimate of drug-likeness (QED) is 0.826. The number of aryl methyl sites for hydroxylation is 2. The van der Waals surface area contributed by atoms with E-state index in [-0.39, 0.29) is 29.7 Å². The van der Waals surface area contributed by atoms with Gasteiger partial charge in [-0.05, 0) is 38.0 Å². The van der Waals surface area contributed by atoms with Crippen LogP contribution < -0.4 is 5.69 Å². The highest BCUT2D eigenvalue weighted by Crippen LogP contribution is 2.26. The van der Waals surface area contributed by atoms with Crippen LogP contribution in [0.5, 0.6) is 0 Å². The van der Waals surface area contributed by atoms with Crippen LogP contribution in [-0.2, 0) is 17.1 Å². The molecule has 0 atom stereocenters. The standard InChI is InChI=1S/C15H19FN4O3S/c1-11-17-18(2)15(21)20(11)13-6-8-19(9-7-13)24(22,23)14-5-3-4-12(16)10-14/h3-5,10,13H,6-9H2,1-2H3. The molecule has 2 aromatic rings. The third-order valence-electron chi connectivity index (χ3n) is 4.35. The number of hydrogen-bond acceptors (Lipinski definition) is 4. The first-order valence-electron chi connectivity index (χ1n) is 7.68. The number of benzene rings is 1. The molecule has 1 aliphatic rings. The zero-order chi connectivity index (χ0) is 17.5. The Bertz CT molecular complexity index is 911. The van der Waals surface area contributed by atoms with Gasteiger partial charge < -0.3 is 0 Å². The van der Waals surface area contributed by atoms with Gasteiger partial charge in [0.2, 0.25) is 10.0 Å². The Morgan fingerprint density at radius 2 is 1.92 bits per heavy atom. The highest BCUT2D eigenvalue weighted by molar-refractivity contribution is 7.89. The second kappa shape index (κ2) is 6.14. The van der Waals surface area contributed by atoms with Crippen molar-refractivity contribution >= 4 is 10.0 Å². The first-order valence-corrected chi connectivity index (χ1v) is 9.12. The lowest BCUT2D eigenvalue weighted by Crippen LogP contribution is -2.41. The van der Waals surface area contributed by atoms with E-state index in [2.05, 4.69) is 5.10 Å². The number of sulfonamides is 1. The van der Waals surface area contributed by atoms with Crippen molar-refractivity contribution in [3.05, 3.63) is 46.4 Å². The van der Waals surface area contributed by atoms with Gasteiger partial charge in [0.25, 0.3) is 0 Å². The average Bonchev–Trinajstić information content (AvgIpc) is 2.80. The SMILES string of the molecule is Cc1nn(C)c(=O)n1C1CCN(S(=O)(=O)c2cccc(F)c2)CC1. The summed E-state index contributed by atoms with van der Waals surface area (Å²) in [6.07, 6.45) is 1.03. The van der Waals surface area contributed by atoms with Gasteiger partial charge >= 0.3 is 5.69 Å². The first-order chi connectivity index (χ1) is 11.3. The van der Waals surface area contributed by atoms with E-state index in [0.29, 0.717) is 18.7 Å². The summed E-state index contributed by atoms with van der Waals surface area (Å²) < 4.78 is 42.7. The van der Waals surface area contributed by atoms with E-state index >= 15 is 0 Å². The molecule has 1 aromatic carbocycles. The molecule has 0 radical (unpaired) electrons. The zero-order valence-corrected chi connectivity index (χ0v) is 14.3. The fraction of sp³-hybridized carbons (Fsp3) is 0.467. The van der Waals surface area contributed by atoms with Gasteiger partial charge in [0.15, 0.2) is 0 Å². The van der Waals surface area contributed by atoms with Crippen LogP contribution in [0.3, 0.4) is 0 Å². The lowest BCUT2D eigenvalue weighted by molar-refractivity contribution is 0.267. The molecule has 3 rings (SSSR count). The van der Waals surface area contributed by atoms with E-state index in [1.165, 1.54) is 27.2 Å². The van der Waals surface area contributed by atoms with Crippen molar-refractivity contribution < 1.29 is 12.8 Å². The lowest BCUT2D eigenvalue weighted by Gasteiger charge is -2.31. The van der Waals surface area contributed by atoms with E-state index in [9.17, 15) is 17.6 Å². The Kier molecular flexibility index (Phi) is 4.31. The van der Waals surface area contributed by atoms with Crippen LogP contribution in [0.1, 0.15) is 24.7 Å². The zero-order valence-electron chi connectivity index (χ0n) is 13.5. The molecule has 0 saturated carbocycles. The smallest absolute Gasteiger partial charge is 0.276 e. The summed E-state index contributed by atoms with van der Waals surface area (Å²) >= 11 is 0. The van der Waals surface area contributed by atoms with Gasteiger partial charge in [-0.2, -0.15) is 9.40 Å².